The predicted octanol–water partition coefficient (Wildman–Crippen LogP) is 3.30. The second-order valence-electron chi connectivity index (χ2n) is 8.35. The van der Waals surface area contributed by atoms with Crippen LogP contribution in [0.25, 0.3) is 6.08 Å². The van der Waals surface area contributed by atoms with Gasteiger partial charge in [0.25, 0.3) is 0 Å². The minimum atomic E-state index is -1.57. The maximum Gasteiger partial charge on any atom is 0.380 e. The van der Waals surface area contributed by atoms with Gasteiger partial charge in [-0.3, -0.25) is 0 Å². The van der Waals surface area contributed by atoms with Crippen molar-refractivity contribution in [3.05, 3.63) is 65.1 Å². The van der Waals surface area contributed by atoms with Crippen molar-refractivity contribution in [1.82, 2.24) is 9.88 Å². The molecule has 0 aliphatic carbocycles. The van der Waals surface area contributed by atoms with Crippen LogP contribution in [0.1, 0.15) is 30.9 Å². The van der Waals surface area contributed by atoms with Crippen molar-refractivity contribution in [3.63, 3.8) is 0 Å². The first-order valence-corrected chi connectivity index (χ1v) is 11.6. The van der Waals surface area contributed by atoms with E-state index in [0.717, 1.165) is 42.9 Å². The zero-order valence-corrected chi connectivity index (χ0v) is 19.1. The number of piperidine rings is 1. The van der Waals surface area contributed by atoms with Crippen LogP contribution in [0, 0.1) is 5.82 Å². The lowest BCUT2D eigenvalue weighted by atomic mass is 9.94. The van der Waals surface area contributed by atoms with Gasteiger partial charge in [-0.05, 0) is 73.4 Å². The van der Waals surface area contributed by atoms with Crippen LogP contribution in [0.5, 0.6) is 0 Å². The second kappa shape index (κ2) is 9.42. The number of benzene rings is 1. The number of pyridine rings is 1. The van der Waals surface area contributed by atoms with E-state index in [9.17, 15) is 9.18 Å². The number of carbonyl (C=O) groups excluding carboxylic acids is 1. The van der Waals surface area contributed by atoms with Gasteiger partial charge in [0, 0.05) is 31.4 Å². The summed E-state index contributed by atoms with van der Waals surface area (Å²) in [5.41, 5.74) is 0.785. The lowest BCUT2D eigenvalue weighted by Gasteiger charge is -2.37. The third-order valence-corrected chi connectivity index (χ3v) is 6.25. The first kappa shape index (κ1) is 22.3. The highest BCUT2D eigenvalue weighted by molar-refractivity contribution is 6.06. The number of rotatable bonds is 5. The van der Waals surface area contributed by atoms with E-state index in [1.54, 1.807) is 6.92 Å². The first-order chi connectivity index (χ1) is 16.6. The van der Waals surface area contributed by atoms with Crippen LogP contribution >= 0.6 is 0 Å². The number of oxime groups is 1. The minimum Gasteiger partial charge on any atom is -0.461 e. The zero-order chi connectivity index (χ0) is 23.5. The van der Waals surface area contributed by atoms with Crippen molar-refractivity contribution in [2.45, 2.75) is 25.5 Å². The van der Waals surface area contributed by atoms with Crippen molar-refractivity contribution in [2.75, 3.05) is 44.4 Å². The van der Waals surface area contributed by atoms with E-state index >= 15 is 0 Å². The number of amidine groups is 1. The van der Waals surface area contributed by atoms with Crippen LogP contribution < -0.4 is 4.90 Å². The average Bonchev–Trinajstić information content (AvgIpc) is 3.27. The van der Waals surface area contributed by atoms with Crippen molar-refractivity contribution in [2.24, 2.45) is 5.16 Å². The van der Waals surface area contributed by atoms with Crippen molar-refractivity contribution >= 4 is 23.7 Å². The maximum absolute atomic E-state index is 13.6. The fourth-order valence-corrected chi connectivity index (χ4v) is 4.57. The topological polar surface area (TPSA) is 76.5 Å². The summed E-state index contributed by atoms with van der Waals surface area (Å²) in [6.07, 6.45) is 5.45. The maximum atomic E-state index is 13.6. The Hall–Kier alpha value is -3.46. The van der Waals surface area contributed by atoms with Crippen LogP contribution in [0.15, 0.2) is 53.3 Å². The average molecular weight is 467 g/mol. The third-order valence-electron chi connectivity index (χ3n) is 6.25. The number of esters is 1. The molecule has 34 heavy (non-hydrogen) atoms. The molecule has 1 aromatic carbocycles. The molecule has 9 heteroatoms. The van der Waals surface area contributed by atoms with E-state index < -0.39 is 17.5 Å². The van der Waals surface area contributed by atoms with Crippen LogP contribution in [0.2, 0.25) is 0 Å². The molecular formula is C25H27FN4O4. The number of ether oxygens (including phenoxy) is 2. The van der Waals surface area contributed by atoms with E-state index in [0.29, 0.717) is 31.2 Å². The summed E-state index contributed by atoms with van der Waals surface area (Å²) in [7, 11) is 0. The molecule has 8 nitrogen and oxygen atoms in total. The number of carbonyl (C=O) groups is 1. The van der Waals surface area contributed by atoms with Crippen LogP contribution in [0.4, 0.5) is 10.2 Å². The van der Waals surface area contributed by atoms with Gasteiger partial charge in [0.1, 0.15) is 11.6 Å². The monoisotopic (exact) mass is 466 g/mol. The van der Waals surface area contributed by atoms with Gasteiger partial charge < -0.3 is 24.1 Å². The lowest BCUT2D eigenvalue weighted by molar-refractivity contribution is -0.189. The second-order valence-corrected chi connectivity index (χ2v) is 8.35. The van der Waals surface area contributed by atoms with Gasteiger partial charge in [-0.15, -0.1) is 0 Å². The molecule has 0 spiro atoms. The Labute approximate surface area is 197 Å². The standard InChI is InChI=1S/C25H27FN4O4/c1-2-33-24(31)25(20-6-8-21(26)9-7-20)30-11-3-4-19(23(30)28-34-25)16-18-5-10-22(27-17-18)29-12-14-32-15-13-29/h5-10,16-17H,2-4,11-15H2,1H3. The molecule has 1 atom stereocenters. The molecule has 0 bridgehead atoms. The summed E-state index contributed by atoms with van der Waals surface area (Å²) >= 11 is 0. The summed E-state index contributed by atoms with van der Waals surface area (Å²) in [4.78, 5) is 27.6. The molecule has 178 valence electrons. The number of aromatic nitrogens is 1. The Morgan fingerprint density at radius 1 is 1.18 bits per heavy atom. The highest BCUT2D eigenvalue weighted by Crippen LogP contribution is 2.41. The molecule has 2 saturated heterocycles. The summed E-state index contributed by atoms with van der Waals surface area (Å²) < 4.78 is 24.4. The number of nitrogens with zero attached hydrogens (tertiary/aromatic N) is 4. The molecule has 1 aromatic heterocycles. The number of anilines is 1. The minimum absolute atomic E-state index is 0.193. The Morgan fingerprint density at radius 3 is 2.68 bits per heavy atom. The Bertz CT molecular complexity index is 1100. The molecule has 1 unspecified atom stereocenters. The number of fused-ring (bicyclic) bond motifs is 1. The molecule has 0 radical (unpaired) electrons. The van der Waals surface area contributed by atoms with E-state index in [4.69, 9.17) is 14.3 Å². The van der Waals surface area contributed by atoms with Crippen LogP contribution in [-0.4, -0.2) is 61.1 Å². The fraction of sp³-hybridized carbons (Fsp3) is 0.400. The largest absolute Gasteiger partial charge is 0.461 e. The molecule has 2 aromatic rings. The van der Waals surface area contributed by atoms with Gasteiger partial charge in [-0.2, -0.15) is 0 Å². The van der Waals surface area contributed by atoms with Crippen LogP contribution in [0.3, 0.4) is 0 Å². The van der Waals surface area contributed by atoms with Gasteiger partial charge in [-0.1, -0.05) is 5.16 Å². The van der Waals surface area contributed by atoms with Crippen molar-refractivity contribution in [3.8, 4) is 0 Å². The van der Waals surface area contributed by atoms with E-state index in [1.165, 1.54) is 24.3 Å². The van der Waals surface area contributed by atoms with E-state index in [2.05, 4.69) is 15.0 Å². The summed E-state index contributed by atoms with van der Waals surface area (Å²) in [6, 6.07) is 9.72. The number of halogens is 1. The Balaban J connectivity index is 1.43. The molecule has 0 amide bonds. The van der Waals surface area contributed by atoms with Gasteiger partial charge >= 0.3 is 11.7 Å². The molecule has 0 saturated carbocycles. The normalized spacial score (nSPS) is 23.4. The predicted molar refractivity (Wildman–Crippen MR) is 124 cm³/mol. The number of hydrogen-bond donors (Lipinski definition) is 0. The van der Waals surface area contributed by atoms with Gasteiger partial charge in [0.15, 0.2) is 5.84 Å². The summed E-state index contributed by atoms with van der Waals surface area (Å²) in [5.74, 6) is 0.545. The zero-order valence-electron chi connectivity index (χ0n) is 19.1. The van der Waals surface area contributed by atoms with Gasteiger partial charge in [0.2, 0.25) is 0 Å². The highest BCUT2D eigenvalue weighted by Gasteiger charge is 2.57. The fourth-order valence-electron chi connectivity index (χ4n) is 4.57. The number of morpholine rings is 1. The summed E-state index contributed by atoms with van der Waals surface area (Å²) in [5, 5.41) is 4.32. The smallest absolute Gasteiger partial charge is 0.380 e. The SMILES string of the molecule is CCOC(=O)C1(c2ccc(F)cc2)ON=C2C(=Cc3ccc(N4CCOCC4)nc3)CCCN21. The molecule has 3 aliphatic heterocycles. The molecular weight excluding hydrogens is 439 g/mol. The quantitative estimate of drug-likeness (QED) is 0.626. The van der Waals surface area contributed by atoms with Crippen LogP contribution in [-0.2, 0) is 24.8 Å². The van der Waals surface area contributed by atoms with Crippen molar-refractivity contribution < 1.29 is 23.5 Å². The van der Waals surface area contributed by atoms with Crippen molar-refractivity contribution in [1.29, 1.82) is 0 Å². The van der Waals surface area contributed by atoms with Gasteiger partial charge in [-0.25, -0.2) is 14.2 Å². The lowest BCUT2D eigenvalue weighted by Crippen LogP contribution is -2.54. The first-order valence-electron chi connectivity index (χ1n) is 11.6. The molecule has 5 rings (SSSR count). The molecule has 3 aliphatic rings. The molecule has 2 fully saturated rings. The highest BCUT2D eigenvalue weighted by atomic mass is 19.1. The summed E-state index contributed by atoms with van der Waals surface area (Å²) in [6.45, 7) is 5.56. The molecule has 0 N–H and O–H groups in total. The van der Waals surface area contributed by atoms with E-state index in [1.807, 2.05) is 29.3 Å². The number of hydrogen-bond acceptors (Lipinski definition) is 8. The van der Waals surface area contributed by atoms with Gasteiger partial charge in [0.05, 0.1) is 19.8 Å². The third kappa shape index (κ3) is 4.00. The molecule has 4 heterocycles. The Morgan fingerprint density at radius 2 is 1.97 bits per heavy atom. The van der Waals surface area contributed by atoms with E-state index in [-0.39, 0.29) is 6.61 Å². The Kier molecular flexibility index (Phi) is 6.19.